The summed E-state index contributed by atoms with van der Waals surface area (Å²) in [5.41, 5.74) is 0. The molecule has 14 heavy (non-hydrogen) atoms. The standard InChI is InChI=1S/C13H23N/c1-10(2)5-4-8-14-13-9-11-6-3-7-12(11)13/h3,7,10-14H,4-6,8-9H2,1-2H3. The van der Waals surface area contributed by atoms with Gasteiger partial charge in [0, 0.05) is 6.04 Å². The van der Waals surface area contributed by atoms with Gasteiger partial charge in [0.25, 0.3) is 0 Å². The Morgan fingerprint density at radius 1 is 1.43 bits per heavy atom. The third-order valence-corrected chi connectivity index (χ3v) is 3.73. The van der Waals surface area contributed by atoms with Crippen LogP contribution in [0.1, 0.15) is 39.5 Å². The van der Waals surface area contributed by atoms with Crippen molar-refractivity contribution in [3.63, 3.8) is 0 Å². The molecule has 80 valence electrons. The van der Waals surface area contributed by atoms with E-state index in [1.807, 2.05) is 0 Å². The van der Waals surface area contributed by atoms with Gasteiger partial charge in [0.15, 0.2) is 0 Å². The lowest BCUT2D eigenvalue weighted by atomic mass is 9.71. The molecule has 3 unspecified atom stereocenters. The molecule has 1 N–H and O–H groups in total. The molecule has 2 rings (SSSR count). The summed E-state index contributed by atoms with van der Waals surface area (Å²) in [6.07, 6.45) is 10.3. The first-order valence-electron chi connectivity index (χ1n) is 6.17. The van der Waals surface area contributed by atoms with Gasteiger partial charge in [-0.05, 0) is 50.0 Å². The molecular weight excluding hydrogens is 170 g/mol. The van der Waals surface area contributed by atoms with Crippen LogP contribution in [0.2, 0.25) is 0 Å². The summed E-state index contributed by atoms with van der Waals surface area (Å²) in [6.45, 7) is 5.83. The zero-order valence-electron chi connectivity index (χ0n) is 9.50. The lowest BCUT2D eigenvalue weighted by molar-refractivity contribution is 0.163. The Labute approximate surface area is 88.0 Å². The molecule has 1 nitrogen and oxygen atoms in total. The minimum absolute atomic E-state index is 0.811. The molecule has 1 heteroatoms. The van der Waals surface area contributed by atoms with Crippen molar-refractivity contribution >= 4 is 0 Å². The second-order valence-corrected chi connectivity index (χ2v) is 5.33. The molecule has 0 bridgehead atoms. The van der Waals surface area contributed by atoms with Crippen LogP contribution in [0, 0.1) is 17.8 Å². The summed E-state index contributed by atoms with van der Waals surface area (Å²) in [6, 6.07) is 0.811. The molecule has 1 fully saturated rings. The molecule has 0 saturated heterocycles. The van der Waals surface area contributed by atoms with Crippen LogP contribution in [-0.4, -0.2) is 12.6 Å². The lowest BCUT2D eigenvalue weighted by Gasteiger charge is -2.40. The second kappa shape index (κ2) is 4.48. The molecule has 0 aromatic rings. The maximum Gasteiger partial charge on any atom is 0.0136 e. The summed E-state index contributed by atoms with van der Waals surface area (Å²) in [4.78, 5) is 0. The van der Waals surface area contributed by atoms with E-state index in [1.54, 1.807) is 0 Å². The molecule has 0 aromatic heterocycles. The van der Waals surface area contributed by atoms with E-state index in [0.29, 0.717) is 0 Å². The summed E-state index contributed by atoms with van der Waals surface area (Å²) in [5, 5.41) is 3.69. The van der Waals surface area contributed by atoms with Gasteiger partial charge in [0.1, 0.15) is 0 Å². The second-order valence-electron chi connectivity index (χ2n) is 5.33. The van der Waals surface area contributed by atoms with E-state index in [9.17, 15) is 0 Å². The highest BCUT2D eigenvalue weighted by molar-refractivity contribution is 5.12. The van der Waals surface area contributed by atoms with Crippen molar-refractivity contribution in [1.29, 1.82) is 0 Å². The van der Waals surface area contributed by atoms with Crippen LogP contribution in [0.3, 0.4) is 0 Å². The molecule has 0 radical (unpaired) electrons. The molecule has 2 aliphatic rings. The number of hydrogen-bond donors (Lipinski definition) is 1. The SMILES string of the molecule is CC(C)CCCNC1CC2CC=CC21. The molecule has 0 spiro atoms. The normalized spacial score (nSPS) is 34.6. The minimum atomic E-state index is 0.811. The molecule has 0 aromatic carbocycles. The molecular formula is C13H23N. The highest BCUT2D eigenvalue weighted by Gasteiger charge is 2.40. The van der Waals surface area contributed by atoms with Gasteiger partial charge in [-0.15, -0.1) is 0 Å². The van der Waals surface area contributed by atoms with E-state index in [2.05, 4.69) is 31.3 Å². The maximum absolute atomic E-state index is 3.69. The molecule has 0 aliphatic heterocycles. The summed E-state index contributed by atoms with van der Waals surface area (Å²) in [7, 11) is 0. The fraction of sp³-hybridized carbons (Fsp3) is 0.846. The third kappa shape index (κ3) is 2.20. The fourth-order valence-corrected chi connectivity index (χ4v) is 2.75. The number of rotatable bonds is 5. The van der Waals surface area contributed by atoms with Crippen LogP contribution in [-0.2, 0) is 0 Å². The summed E-state index contributed by atoms with van der Waals surface area (Å²) in [5.74, 6) is 2.74. The van der Waals surface area contributed by atoms with Gasteiger partial charge in [-0.25, -0.2) is 0 Å². The van der Waals surface area contributed by atoms with Crippen LogP contribution < -0.4 is 5.32 Å². The predicted octanol–water partition coefficient (Wildman–Crippen LogP) is 2.98. The van der Waals surface area contributed by atoms with E-state index in [4.69, 9.17) is 0 Å². The van der Waals surface area contributed by atoms with Gasteiger partial charge in [-0.2, -0.15) is 0 Å². The van der Waals surface area contributed by atoms with E-state index in [0.717, 1.165) is 23.8 Å². The van der Waals surface area contributed by atoms with Crippen molar-refractivity contribution in [3.05, 3.63) is 12.2 Å². The zero-order chi connectivity index (χ0) is 9.97. The first-order valence-corrected chi connectivity index (χ1v) is 6.17. The van der Waals surface area contributed by atoms with Gasteiger partial charge >= 0.3 is 0 Å². The van der Waals surface area contributed by atoms with Gasteiger partial charge in [-0.3, -0.25) is 0 Å². The average Bonchev–Trinajstić information content (AvgIpc) is 2.46. The molecule has 3 atom stereocenters. The Morgan fingerprint density at radius 3 is 3.00 bits per heavy atom. The lowest BCUT2D eigenvalue weighted by Crippen LogP contribution is -2.48. The first-order chi connectivity index (χ1) is 6.77. The van der Waals surface area contributed by atoms with Crippen LogP contribution in [0.5, 0.6) is 0 Å². The highest BCUT2D eigenvalue weighted by atomic mass is 14.9. The zero-order valence-corrected chi connectivity index (χ0v) is 9.50. The molecule has 0 heterocycles. The van der Waals surface area contributed by atoms with Gasteiger partial charge < -0.3 is 5.32 Å². The number of fused-ring (bicyclic) bond motifs is 1. The Balaban J connectivity index is 1.56. The van der Waals surface area contributed by atoms with Crippen LogP contribution in [0.25, 0.3) is 0 Å². The van der Waals surface area contributed by atoms with Crippen molar-refractivity contribution in [2.24, 2.45) is 17.8 Å². The number of nitrogens with one attached hydrogen (secondary N) is 1. The molecule has 0 amide bonds. The summed E-state index contributed by atoms with van der Waals surface area (Å²) >= 11 is 0. The largest absolute Gasteiger partial charge is 0.313 e. The third-order valence-electron chi connectivity index (χ3n) is 3.73. The molecule has 2 aliphatic carbocycles. The molecule has 1 saturated carbocycles. The van der Waals surface area contributed by atoms with E-state index in [1.165, 1.54) is 32.2 Å². The topological polar surface area (TPSA) is 12.0 Å². The Hall–Kier alpha value is -0.300. The average molecular weight is 193 g/mol. The van der Waals surface area contributed by atoms with Crippen LogP contribution >= 0.6 is 0 Å². The quantitative estimate of drug-likeness (QED) is 0.523. The number of allylic oxidation sites excluding steroid dienone is 1. The van der Waals surface area contributed by atoms with Gasteiger partial charge in [0.2, 0.25) is 0 Å². The Kier molecular flexibility index (Phi) is 3.27. The highest BCUT2D eigenvalue weighted by Crippen LogP contribution is 2.42. The smallest absolute Gasteiger partial charge is 0.0136 e. The van der Waals surface area contributed by atoms with Crippen LogP contribution in [0.15, 0.2) is 12.2 Å². The Bertz CT molecular complexity index is 207. The minimum Gasteiger partial charge on any atom is -0.313 e. The monoisotopic (exact) mass is 193 g/mol. The van der Waals surface area contributed by atoms with Crippen molar-refractivity contribution in [1.82, 2.24) is 5.32 Å². The first kappa shape index (κ1) is 10.2. The van der Waals surface area contributed by atoms with E-state index in [-0.39, 0.29) is 0 Å². The van der Waals surface area contributed by atoms with Crippen molar-refractivity contribution in [2.75, 3.05) is 6.54 Å². The van der Waals surface area contributed by atoms with Crippen molar-refractivity contribution in [3.8, 4) is 0 Å². The van der Waals surface area contributed by atoms with Gasteiger partial charge in [-0.1, -0.05) is 26.0 Å². The van der Waals surface area contributed by atoms with Crippen LogP contribution in [0.4, 0.5) is 0 Å². The fourth-order valence-electron chi connectivity index (χ4n) is 2.75. The van der Waals surface area contributed by atoms with Crippen molar-refractivity contribution < 1.29 is 0 Å². The van der Waals surface area contributed by atoms with E-state index >= 15 is 0 Å². The maximum atomic E-state index is 3.69. The predicted molar refractivity (Wildman–Crippen MR) is 61.2 cm³/mol. The number of hydrogen-bond acceptors (Lipinski definition) is 1. The van der Waals surface area contributed by atoms with E-state index < -0.39 is 0 Å². The van der Waals surface area contributed by atoms with Crippen molar-refractivity contribution in [2.45, 2.75) is 45.6 Å². The summed E-state index contributed by atoms with van der Waals surface area (Å²) < 4.78 is 0. The Morgan fingerprint density at radius 2 is 2.29 bits per heavy atom. The van der Waals surface area contributed by atoms with Gasteiger partial charge in [0.05, 0.1) is 0 Å².